The molecule has 0 spiro atoms. The minimum Gasteiger partial charge on any atom is -0.507 e. The summed E-state index contributed by atoms with van der Waals surface area (Å²) in [5.74, 6) is -3.99. The van der Waals surface area contributed by atoms with Crippen molar-refractivity contribution < 1.29 is 39.9 Å². The lowest BCUT2D eigenvalue weighted by Crippen LogP contribution is -2.08. The smallest absolute Gasteiger partial charge is 0.347 e. The number of aromatic hydroxyl groups is 5. The van der Waals surface area contributed by atoms with Crippen LogP contribution in [0.3, 0.4) is 0 Å². The standard InChI is InChI=1S/C13H10O5.C13H10O3/c14-9-6-8(11(16)13(18)12(9)17)10(15)7-4-2-1-3-5-7;14-12-9-5-4-8-11(12)13(15)16-10-6-2-1-3-7-10/h1-6,14,16-18H;1-9,14H. The van der Waals surface area contributed by atoms with Gasteiger partial charge in [-0.2, -0.15) is 0 Å². The van der Waals surface area contributed by atoms with Crippen molar-refractivity contribution >= 4 is 11.8 Å². The molecule has 8 heteroatoms. The van der Waals surface area contributed by atoms with Crippen molar-refractivity contribution in [2.24, 2.45) is 0 Å². The molecule has 4 rings (SSSR count). The SMILES string of the molecule is O=C(Oc1ccccc1)c1ccccc1O.O=C(c1ccccc1)c1cc(O)c(O)c(O)c1O. The number of rotatable bonds is 4. The minimum absolute atomic E-state index is 0.0802. The maximum Gasteiger partial charge on any atom is 0.347 e. The molecule has 4 aromatic rings. The largest absolute Gasteiger partial charge is 0.507 e. The molecular formula is C26H20O8. The van der Waals surface area contributed by atoms with Gasteiger partial charge >= 0.3 is 5.97 Å². The summed E-state index contributed by atoms with van der Waals surface area (Å²) < 4.78 is 5.08. The van der Waals surface area contributed by atoms with Gasteiger partial charge in [-0.3, -0.25) is 4.79 Å². The van der Waals surface area contributed by atoms with Gasteiger partial charge in [0.1, 0.15) is 17.1 Å². The monoisotopic (exact) mass is 460 g/mol. The molecule has 0 aliphatic carbocycles. The molecule has 172 valence electrons. The Hall–Kier alpha value is -4.98. The zero-order chi connectivity index (χ0) is 24.7. The van der Waals surface area contributed by atoms with Gasteiger partial charge in [0.15, 0.2) is 17.3 Å². The van der Waals surface area contributed by atoms with Crippen molar-refractivity contribution in [3.05, 3.63) is 108 Å². The Labute approximate surface area is 194 Å². The third kappa shape index (κ3) is 5.43. The van der Waals surface area contributed by atoms with E-state index in [4.69, 9.17) is 4.74 Å². The van der Waals surface area contributed by atoms with Crippen LogP contribution in [0.5, 0.6) is 34.5 Å². The van der Waals surface area contributed by atoms with Crippen molar-refractivity contribution in [3.63, 3.8) is 0 Å². The fourth-order valence-electron chi connectivity index (χ4n) is 2.85. The van der Waals surface area contributed by atoms with Gasteiger partial charge in [-0.05, 0) is 30.3 Å². The molecule has 0 saturated heterocycles. The van der Waals surface area contributed by atoms with Crippen LogP contribution < -0.4 is 4.74 Å². The minimum atomic E-state index is -0.922. The first-order valence-electron chi connectivity index (χ1n) is 9.91. The van der Waals surface area contributed by atoms with Gasteiger partial charge in [0.2, 0.25) is 11.5 Å². The van der Waals surface area contributed by atoms with Gasteiger partial charge in [-0.15, -0.1) is 0 Å². The zero-order valence-corrected chi connectivity index (χ0v) is 17.6. The number of carbonyl (C=O) groups excluding carboxylic acids is 2. The van der Waals surface area contributed by atoms with Crippen LogP contribution in [0, 0.1) is 0 Å². The van der Waals surface area contributed by atoms with Crippen LogP contribution >= 0.6 is 0 Å². The van der Waals surface area contributed by atoms with E-state index < -0.39 is 34.8 Å². The van der Waals surface area contributed by atoms with Crippen LogP contribution in [0.2, 0.25) is 0 Å². The number of ketones is 1. The molecule has 8 nitrogen and oxygen atoms in total. The maximum absolute atomic E-state index is 12.0. The first-order chi connectivity index (χ1) is 16.3. The van der Waals surface area contributed by atoms with E-state index in [0.717, 1.165) is 6.07 Å². The second-order valence-electron chi connectivity index (χ2n) is 6.90. The Kier molecular flexibility index (Phi) is 7.35. The van der Waals surface area contributed by atoms with Crippen molar-refractivity contribution in [1.82, 2.24) is 0 Å². The molecular weight excluding hydrogens is 440 g/mol. The highest BCUT2D eigenvalue weighted by atomic mass is 16.5. The Morgan fingerprint density at radius 2 is 1.12 bits per heavy atom. The highest BCUT2D eigenvalue weighted by Crippen LogP contribution is 2.44. The second kappa shape index (κ2) is 10.6. The fourth-order valence-corrected chi connectivity index (χ4v) is 2.85. The normalized spacial score (nSPS) is 10.0. The molecule has 0 aliphatic heterocycles. The van der Waals surface area contributed by atoms with E-state index in [1.54, 1.807) is 54.6 Å². The highest BCUT2D eigenvalue weighted by Gasteiger charge is 2.21. The predicted molar refractivity (Wildman–Crippen MR) is 122 cm³/mol. The van der Waals surface area contributed by atoms with E-state index in [0.29, 0.717) is 5.75 Å². The lowest BCUT2D eigenvalue weighted by molar-refractivity contribution is 0.0731. The molecule has 0 bridgehead atoms. The van der Waals surface area contributed by atoms with Crippen LogP contribution in [0.1, 0.15) is 26.3 Å². The highest BCUT2D eigenvalue weighted by molar-refractivity contribution is 6.11. The van der Waals surface area contributed by atoms with Crippen LogP contribution in [0.15, 0.2) is 91.0 Å². The summed E-state index contributed by atoms with van der Waals surface area (Å²) in [6, 6.07) is 24.0. The molecule has 34 heavy (non-hydrogen) atoms. The third-order valence-electron chi connectivity index (χ3n) is 4.59. The number of phenolic OH excluding ortho intramolecular Hbond substituents is 5. The molecule has 4 aromatic carbocycles. The summed E-state index contributed by atoms with van der Waals surface area (Å²) in [7, 11) is 0. The topological polar surface area (TPSA) is 145 Å². The van der Waals surface area contributed by atoms with Gasteiger partial charge < -0.3 is 30.3 Å². The van der Waals surface area contributed by atoms with Crippen molar-refractivity contribution in [3.8, 4) is 34.5 Å². The van der Waals surface area contributed by atoms with Gasteiger partial charge in [-0.1, -0.05) is 60.7 Å². The number of phenols is 5. The Bertz CT molecular complexity index is 1300. The fraction of sp³-hybridized carbons (Fsp3) is 0. The number of ether oxygens (including phenoxy) is 1. The van der Waals surface area contributed by atoms with Crippen molar-refractivity contribution in [1.29, 1.82) is 0 Å². The van der Waals surface area contributed by atoms with E-state index in [9.17, 15) is 35.1 Å². The first kappa shape index (κ1) is 23.7. The van der Waals surface area contributed by atoms with E-state index in [2.05, 4.69) is 0 Å². The van der Waals surface area contributed by atoms with Crippen LogP contribution in [0.25, 0.3) is 0 Å². The maximum atomic E-state index is 12.0. The Morgan fingerprint density at radius 3 is 1.74 bits per heavy atom. The summed E-state index contributed by atoms with van der Waals surface area (Å²) in [5.41, 5.74) is 0.164. The van der Waals surface area contributed by atoms with Crippen molar-refractivity contribution in [2.75, 3.05) is 0 Å². The van der Waals surface area contributed by atoms with Crippen LogP contribution in [0.4, 0.5) is 0 Å². The number of esters is 1. The van der Waals surface area contributed by atoms with Gasteiger partial charge in [0, 0.05) is 5.56 Å². The van der Waals surface area contributed by atoms with Gasteiger partial charge in [-0.25, -0.2) is 4.79 Å². The Balaban J connectivity index is 0.000000192. The molecule has 0 amide bonds. The quantitative estimate of drug-likeness (QED) is 0.0994. The van der Waals surface area contributed by atoms with Crippen LogP contribution in [-0.4, -0.2) is 37.3 Å². The Morgan fingerprint density at radius 1 is 0.559 bits per heavy atom. The molecule has 0 saturated carbocycles. The molecule has 0 fully saturated rings. The molecule has 0 aliphatic rings. The number of hydrogen-bond donors (Lipinski definition) is 5. The number of para-hydroxylation sites is 2. The molecule has 0 heterocycles. The summed E-state index contributed by atoms with van der Waals surface area (Å²) in [5, 5.41) is 46.9. The number of hydrogen-bond acceptors (Lipinski definition) is 8. The van der Waals surface area contributed by atoms with E-state index in [-0.39, 0.29) is 22.4 Å². The summed E-state index contributed by atoms with van der Waals surface area (Å²) >= 11 is 0. The number of carbonyl (C=O) groups is 2. The second-order valence-corrected chi connectivity index (χ2v) is 6.90. The number of benzene rings is 4. The van der Waals surface area contributed by atoms with E-state index in [1.807, 2.05) is 6.07 Å². The van der Waals surface area contributed by atoms with Gasteiger partial charge in [0.25, 0.3) is 0 Å². The molecule has 0 radical (unpaired) electrons. The molecule has 0 atom stereocenters. The molecule has 0 aromatic heterocycles. The summed E-state index contributed by atoms with van der Waals surface area (Å²) in [6.45, 7) is 0. The van der Waals surface area contributed by atoms with E-state index in [1.165, 1.54) is 24.3 Å². The summed E-state index contributed by atoms with van der Waals surface area (Å²) in [4.78, 5) is 23.7. The molecule has 5 N–H and O–H groups in total. The van der Waals surface area contributed by atoms with Crippen molar-refractivity contribution in [2.45, 2.75) is 0 Å². The first-order valence-corrected chi connectivity index (χ1v) is 9.91. The average Bonchev–Trinajstić information content (AvgIpc) is 2.86. The van der Waals surface area contributed by atoms with Crippen LogP contribution in [-0.2, 0) is 0 Å². The third-order valence-corrected chi connectivity index (χ3v) is 4.59. The lowest BCUT2D eigenvalue weighted by Gasteiger charge is -2.08. The van der Waals surface area contributed by atoms with E-state index >= 15 is 0 Å². The molecule has 0 unspecified atom stereocenters. The average molecular weight is 460 g/mol. The lowest BCUT2D eigenvalue weighted by atomic mass is 10.0. The van der Waals surface area contributed by atoms with Gasteiger partial charge in [0.05, 0.1) is 5.56 Å². The zero-order valence-electron chi connectivity index (χ0n) is 17.6. The summed E-state index contributed by atoms with van der Waals surface area (Å²) in [6.07, 6.45) is 0. The predicted octanol–water partition coefficient (Wildman–Crippen LogP) is 4.35.